The smallest absolute Gasteiger partial charge is 0.266 e. The number of carbonyl (C=O) groups excluding carboxylic acids is 1. The molecule has 0 N–H and O–H groups in total. The molecule has 0 bridgehead atoms. The van der Waals surface area contributed by atoms with Gasteiger partial charge in [0.15, 0.2) is 16.7 Å². The van der Waals surface area contributed by atoms with Gasteiger partial charge < -0.3 is 9.47 Å². The second-order valence-corrected chi connectivity index (χ2v) is 7.20. The number of hydrogen-bond acceptors (Lipinski definition) is 5. The molecule has 6 heteroatoms. The van der Waals surface area contributed by atoms with Crippen LogP contribution >= 0.6 is 11.8 Å². The van der Waals surface area contributed by atoms with Crippen LogP contribution in [0.5, 0.6) is 11.5 Å². The van der Waals surface area contributed by atoms with Gasteiger partial charge in [0.1, 0.15) is 0 Å². The molecular weight excluding hydrogens is 360 g/mol. The molecule has 0 aliphatic carbocycles. The predicted octanol–water partition coefficient (Wildman–Crippen LogP) is 4.55. The van der Waals surface area contributed by atoms with Crippen LogP contribution in [0.25, 0.3) is 6.08 Å². The number of likely N-dealkylation sites (N-methyl/N-ethyl adjacent to an activating group) is 1. The fraction of sp³-hybridized carbons (Fsp3) is 0.238. The fourth-order valence-electron chi connectivity index (χ4n) is 2.90. The summed E-state index contributed by atoms with van der Waals surface area (Å²) in [5, 5.41) is 0.658. The number of rotatable bonds is 4. The van der Waals surface area contributed by atoms with Gasteiger partial charge in [-0.3, -0.25) is 9.69 Å². The zero-order valence-electron chi connectivity index (χ0n) is 16.1. The van der Waals surface area contributed by atoms with Crippen molar-refractivity contribution in [3.8, 4) is 11.5 Å². The van der Waals surface area contributed by atoms with Gasteiger partial charge in [0.25, 0.3) is 5.91 Å². The van der Waals surface area contributed by atoms with Crippen molar-refractivity contribution < 1.29 is 14.3 Å². The highest BCUT2D eigenvalue weighted by Crippen LogP contribution is 2.38. The van der Waals surface area contributed by atoms with E-state index in [0.29, 0.717) is 21.6 Å². The third-order valence-corrected chi connectivity index (χ3v) is 5.43. The summed E-state index contributed by atoms with van der Waals surface area (Å²) < 4.78 is 10.8. The number of carbonyl (C=O) groups is 1. The molecular formula is C21H22N2O3S. The molecule has 2 aromatic carbocycles. The summed E-state index contributed by atoms with van der Waals surface area (Å²) in [6.45, 7) is 4.04. The van der Waals surface area contributed by atoms with E-state index in [0.717, 1.165) is 22.4 Å². The maximum atomic E-state index is 12.7. The first-order chi connectivity index (χ1) is 13.0. The Morgan fingerprint density at radius 1 is 1.04 bits per heavy atom. The van der Waals surface area contributed by atoms with E-state index in [9.17, 15) is 4.79 Å². The summed E-state index contributed by atoms with van der Waals surface area (Å²) in [6, 6.07) is 11.6. The van der Waals surface area contributed by atoms with Gasteiger partial charge >= 0.3 is 0 Å². The van der Waals surface area contributed by atoms with Crippen LogP contribution in [-0.4, -0.2) is 37.2 Å². The average molecular weight is 382 g/mol. The molecule has 0 spiro atoms. The van der Waals surface area contributed by atoms with Crippen molar-refractivity contribution in [2.45, 2.75) is 13.8 Å². The molecule has 0 radical (unpaired) electrons. The number of aryl methyl sites for hydroxylation is 2. The molecule has 0 saturated carbocycles. The van der Waals surface area contributed by atoms with Crippen LogP contribution in [0.2, 0.25) is 0 Å². The lowest BCUT2D eigenvalue weighted by molar-refractivity contribution is -0.121. The van der Waals surface area contributed by atoms with Gasteiger partial charge in [0, 0.05) is 12.6 Å². The average Bonchev–Trinajstić information content (AvgIpc) is 2.92. The zero-order valence-corrected chi connectivity index (χ0v) is 16.9. The maximum Gasteiger partial charge on any atom is 0.266 e. The number of amides is 1. The number of aliphatic imine (C=N–C) groups is 1. The second-order valence-electron chi connectivity index (χ2n) is 6.19. The predicted molar refractivity (Wildman–Crippen MR) is 111 cm³/mol. The Kier molecular flexibility index (Phi) is 5.56. The first-order valence-corrected chi connectivity index (χ1v) is 9.31. The summed E-state index contributed by atoms with van der Waals surface area (Å²) >= 11 is 1.36. The Balaban J connectivity index is 2.00. The van der Waals surface area contributed by atoms with Gasteiger partial charge in [-0.2, -0.15) is 0 Å². The van der Waals surface area contributed by atoms with E-state index < -0.39 is 0 Å². The Morgan fingerprint density at radius 2 is 1.70 bits per heavy atom. The normalized spacial score (nSPS) is 17.1. The van der Waals surface area contributed by atoms with Crippen LogP contribution in [0.1, 0.15) is 16.7 Å². The van der Waals surface area contributed by atoms with E-state index in [2.05, 4.69) is 0 Å². The number of ether oxygens (including phenoxy) is 2. The monoisotopic (exact) mass is 382 g/mol. The topological polar surface area (TPSA) is 51.1 Å². The van der Waals surface area contributed by atoms with E-state index in [1.165, 1.54) is 11.8 Å². The molecule has 1 amide bonds. The van der Waals surface area contributed by atoms with E-state index >= 15 is 0 Å². The van der Waals surface area contributed by atoms with Gasteiger partial charge in [-0.15, -0.1) is 0 Å². The van der Waals surface area contributed by atoms with Crippen molar-refractivity contribution in [1.82, 2.24) is 4.90 Å². The van der Waals surface area contributed by atoms with E-state index in [1.54, 1.807) is 26.2 Å². The Hall–Kier alpha value is -2.73. The minimum absolute atomic E-state index is 0.0881. The highest BCUT2D eigenvalue weighted by atomic mass is 32.2. The Bertz CT molecular complexity index is 930. The third kappa shape index (κ3) is 3.71. The molecule has 140 valence electrons. The SMILES string of the molecule is COc1cccc(/C=C2/SC(=Nc3c(C)cccc3C)N(C)C2=O)c1OC. The van der Waals surface area contributed by atoms with Gasteiger partial charge in [0.2, 0.25) is 0 Å². The van der Waals surface area contributed by atoms with Crippen LogP contribution in [0.15, 0.2) is 46.3 Å². The molecule has 2 aromatic rings. The first-order valence-electron chi connectivity index (χ1n) is 8.49. The zero-order chi connectivity index (χ0) is 19.6. The number of thioether (sulfide) groups is 1. The van der Waals surface area contributed by atoms with Crippen molar-refractivity contribution in [2.24, 2.45) is 4.99 Å². The van der Waals surface area contributed by atoms with Crippen molar-refractivity contribution in [3.63, 3.8) is 0 Å². The maximum absolute atomic E-state index is 12.7. The van der Waals surface area contributed by atoms with Gasteiger partial charge in [-0.25, -0.2) is 4.99 Å². The fourth-order valence-corrected chi connectivity index (χ4v) is 3.86. The number of nitrogens with zero attached hydrogens (tertiary/aromatic N) is 2. The van der Waals surface area contributed by atoms with Gasteiger partial charge in [-0.1, -0.05) is 30.3 Å². The van der Waals surface area contributed by atoms with Gasteiger partial charge in [0.05, 0.1) is 24.8 Å². The molecule has 1 fully saturated rings. The minimum atomic E-state index is -0.0881. The largest absolute Gasteiger partial charge is 0.493 e. The molecule has 27 heavy (non-hydrogen) atoms. The molecule has 1 aliphatic rings. The highest BCUT2D eigenvalue weighted by Gasteiger charge is 2.31. The number of benzene rings is 2. The second kappa shape index (κ2) is 7.88. The van der Waals surface area contributed by atoms with Crippen molar-refractivity contribution in [1.29, 1.82) is 0 Å². The number of amidine groups is 1. The first kappa shape index (κ1) is 19.0. The third-order valence-electron chi connectivity index (χ3n) is 4.37. The van der Waals surface area contributed by atoms with Crippen molar-refractivity contribution in [3.05, 3.63) is 58.0 Å². The Morgan fingerprint density at radius 3 is 2.33 bits per heavy atom. The molecule has 0 unspecified atom stereocenters. The van der Waals surface area contributed by atoms with Crippen molar-refractivity contribution in [2.75, 3.05) is 21.3 Å². The summed E-state index contributed by atoms with van der Waals surface area (Å²) in [4.78, 5) is 19.6. The lowest BCUT2D eigenvalue weighted by atomic mass is 10.1. The van der Waals surface area contributed by atoms with Crippen LogP contribution in [0, 0.1) is 13.8 Å². The highest BCUT2D eigenvalue weighted by molar-refractivity contribution is 8.18. The summed E-state index contributed by atoms with van der Waals surface area (Å²) in [5.74, 6) is 1.14. The molecule has 3 rings (SSSR count). The Labute approximate surface area is 163 Å². The summed E-state index contributed by atoms with van der Waals surface area (Å²) in [5.41, 5.74) is 3.85. The number of methoxy groups -OCH3 is 2. The minimum Gasteiger partial charge on any atom is -0.493 e. The van der Waals surface area contributed by atoms with Crippen molar-refractivity contribution >= 4 is 34.6 Å². The van der Waals surface area contributed by atoms with E-state index in [4.69, 9.17) is 14.5 Å². The molecule has 0 atom stereocenters. The van der Waals surface area contributed by atoms with E-state index in [-0.39, 0.29) is 5.91 Å². The van der Waals surface area contributed by atoms with Crippen LogP contribution < -0.4 is 9.47 Å². The van der Waals surface area contributed by atoms with Crippen LogP contribution in [-0.2, 0) is 4.79 Å². The standard InChI is InChI=1S/C21H22N2O3S/c1-13-8-6-9-14(2)18(13)22-21-23(3)20(24)17(27-21)12-15-10-7-11-16(25-4)19(15)26-5/h6-12H,1-5H3/b17-12+,22-21?. The quantitative estimate of drug-likeness (QED) is 0.728. The summed E-state index contributed by atoms with van der Waals surface area (Å²) in [7, 11) is 4.92. The molecule has 0 aromatic heterocycles. The van der Waals surface area contributed by atoms with Crippen LogP contribution in [0.3, 0.4) is 0 Å². The number of hydrogen-bond donors (Lipinski definition) is 0. The van der Waals surface area contributed by atoms with Gasteiger partial charge in [-0.05, 0) is 48.9 Å². The van der Waals surface area contributed by atoms with Crippen LogP contribution in [0.4, 0.5) is 5.69 Å². The van der Waals surface area contributed by atoms with E-state index in [1.807, 2.05) is 56.3 Å². The molecule has 5 nitrogen and oxygen atoms in total. The number of para-hydroxylation sites is 2. The molecule has 1 aliphatic heterocycles. The lowest BCUT2D eigenvalue weighted by Crippen LogP contribution is -2.23. The lowest BCUT2D eigenvalue weighted by Gasteiger charge is -2.10. The summed E-state index contributed by atoms with van der Waals surface area (Å²) in [6.07, 6.45) is 1.82. The molecule has 1 saturated heterocycles. The molecule has 1 heterocycles.